The van der Waals surface area contributed by atoms with Gasteiger partial charge in [0.2, 0.25) is 5.91 Å². The Hall–Kier alpha value is -2.65. The highest BCUT2D eigenvalue weighted by Gasteiger charge is 2.33. The minimum absolute atomic E-state index is 0.0152. The molecule has 0 aliphatic carbocycles. The van der Waals surface area contributed by atoms with E-state index in [0.29, 0.717) is 17.5 Å². The molecule has 0 spiro atoms. The maximum atomic E-state index is 13.2. The number of anilines is 1. The number of fused-ring (bicyclic) bond motifs is 1. The third-order valence-electron chi connectivity index (χ3n) is 5.35. The van der Waals surface area contributed by atoms with Crippen LogP contribution in [0.4, 0.5) is 5.69 Å². The molecule has 0 bridgehead atoms. The Bertz CT molecular complexity index is 1090. The number of thiophene rings is 1. The summed E-state index contributed by atoms with van der Waals surface area (Å²) in [6.45, 7) is 6.21. The molecule has 9 heteroatoms. The Kier molecular flexibility index (Phi) is 6.15. The van der Waals surface area contributed by atoms with E-state index in [-0.39, 0.29) is 11.8 Å². The number of amides is 1. The Balaban J connectivity index is 1.65. The van der Waals surface area contributed by atoms with Gasteiger partial charge >= 0.3 is 5.97 Å². The molecule has 1 aliphatic rings. The summed E-state index contributed by atoms with van der Waals surface area (Å²) < 4.78 is 1.67. The van der Waals surface area contributed by atoms with Gasteiger partial charge in [-0.15, -0.1) is 21.5 Å². The van der Waals surface area contributed by atoms with Crippen molar-refractivity contribution in [1.29, 1.82) is 0 Å². The van der Waals surface area contributed by atoms with Gasteiger partial charge in [-0.25, -0.2) is 4.79 Å². The Morgan fingerprint density at radius 3 is 2.58 bits per heavy atom. The lowest BCUT2D eigenvalue weighted by Gasteiger charge is -2.24. The molecular weight excluding hydrogens is 432 g/mol. The fourth-order valence-electron chi connectivity index (χ4n) is 3.87. The number of hydrogen-bond acceptors (Lipinski definition) is 6. The Morgan fingerprint density at radius 1 is 1.13 bits per heavy atom. The van der Waals surface area contributed by atoms with Crippen LogP contribution >= 0.6 is 23.1 Å². The molecule has 1 N–H and O–H groups in total. The van der Waals surface area contributed by atoms with Crippen LogP contribution in [0.2, 0.25) is 0 Å². The van der Waals surface area contributed by atoms with Crippen molar-refractivity contribution in [3.05, 3.63) is 47.3 Å². The summed E-state index contributed by atoms with van der Waals surface area (Å²) in [7, 11) is 0. The lowest BCUT2D eigenvalue weighted by atomic mass is 10.0. The van der Waals surface area contributed by atoms with E-state index in [1.165, 1.54) is 28.7 Å². The Morgan fingerprint density at radius 2 is 1.90 bits per heavy atom. The standard InChI is InChI=1S/C22H24N4O3S2/c1-13(2)18(21(28)29)26-19(17-9-6-12-30-17)23-24-22(26)31-14(3)20(27)25-11-10-15-7-4-5-8-16(15)25/h4-9,12-14,18H,10-11H2,1-3H3,(H,28,29). The molecule has 0 fully saturated rings. The van der Waals surface area contributed by atoms with Gasteiger partial charge in [-0.2, -0.15) is 0 Å². The number of carbonyl (C=O) groups excluding carboxylic acids is 1. The van der Waals surface area contributed by atoms with Gasteiger partial charge in [0.05, 0.1) is 10.1 Å². The smallest absolute Gasteiger partial charge is 0.327 e. The van der Waals surface area contributed by atoms with Crippen molar-refractivity contribution >= 4 is 40.7 Å². The number of aliphatic carboxylic acids is 1. The van der Waals surface area contributed by atoms with E-state index in [1.54, 1.807) is 4.57 Å². The first-order chi connectivity index (χ1) is 14.9. The molecule has 1 amide bonds. The van der Waals surface area contributed by atoms with Crippen LogP contribution in [-0.4, -0.2) is 43.5 Å². The van der Waals surface area contributed by atoms with Gasteiger partial charge < -0.3 is 10.0 Å². The second-order valence-electron chi connectivity index (χ2n) is 7.81. The van der Waals surface area contributed by atoms with Crippen LogP contribution in [0.5, 0.6) is 0 Å². The van der Waals surface area contributed by atoms with Crippen LogP contribution in [0.25, 0.3) is 10.7 Å². The zero-order valence-corrected chi connectivity index (χ0v) is 19.2. The first-order valence-electron chi connectivity index (χ1n) is 10.2. The molecule has 4 rings (SSSR count). The predicted molar refractivity (Wildman–Crippen MR) is 123 cm³/mol. The maximum Gasteiger partial charge on any atom is 0.327 e. The van der Waals surface area contributed by atoms with Gasteiger partial charge in [0, 0.05) is 12.2 Å². The summed E-state index contributed by atoms with van der Waals surface area (Å²) in [5.41, 5.74) is 2.12. The summed E-state index contributed by atoms with van der Waals surface area (Å²) >= 11 is 2.74. The minimum atomic E-state index is -0.943. The van der Waals surface area contributed by atoms with E-state index in [2.05, 4.69) is 10.2 Å². The largest absolute Gasteiger partial charge is 0.480 e. The van der Waals surface area contributed by atoms with Crippen molar-refractivity contribution < 1.29 is 14.7 Å². The number of hydrogen-bond donors (Lipinski definition) is 1. The monoisotopic (exact) mass is 456 g/mol. The maximum absolute atomic E-state index is 13.2. The lowest BCUT2D eigenvalue weighted by Crippen LogP contribution is -2.35. The molecule has 2 atom stereocenters. The first-order valence-corrected chi connectivity index (χ1v) is 11.9. The average molecular weight is 457 g/mol. The molecule has 0 saturated heterocycles. The minimum Gasteiger partial charge on any atom is -0.480 e. The normalized spacial score (nSPS) is 15.2. The van der Waals surface area contributed by atoms with Crippen LogP contribution in [0.15, 0.2) is 46.9 Å². The summed E-state index contributed by atoms with van der Waals surface area (Å²) in [6.07, 6.45) is 0.840. The number of benzene rings is 1. The molecule has 31 heavy (non-hydrogen) atoms. The van der Waals surface area contributed by atoms with Gasteiger partial charge in [0.15, 0.2) is 11.0 Å². The third-order valence-corrected chi connectivity index (χ3v) is 7.26. The van der Waals surface area contributed by atoms with Crippen molar-refractivity contribution in [2.75, 3.05) is 11.4 Å². The van der Waals surface area contributed by atoms with Gasteiger partial charge in [0.25, 0.3) is 0 Å². The quantitative estimate of drug-likeness (QED) is 0.532. The summed E-state index contributed by atoms with van der Waals surface area (Å²) in [5.74, 6) is -0.617. The number of carboxylic acids is 1. The SMILES string of the molecule is CC(Sc1nnc(-c2cccs2)n1C(C(=O)O)C(C)C)C(=O)N1CCc2ccccc21. The topological polar surface area (TPSA) is 88.3 Å². The second-order valence-corrected chi connectivity index (χ2v) is 10.1. The number of para-hydroxylation sites is 1. The molecule has 162 valence electrons. The van der Waals surface area contributed by atoms with Gasteiger partial charge in [0.1, 0.15) is 6.04 Å². The van der Waals surface area contributed by atoms with Gasteiger partial charge in [-0.1, -0.05) is 49.9 Å². The van der Waals surface area contributed by atoms with Crippen molar-refractivity contribution in [2.45, 2.75) is 43.6 Å². The fourth-order valence-corrected chi connectivity index (χ4v) is 5.52. The van der Waals surface area contributed by atoms with Crippen LogP contribution in [0.1, 0.15) is 32.4 Å². The van der Waals surface area contributed by atoms with Crippen LogP contribution < -0.4 is 4.90 Å². The molecule has 2 unspecified atom stereocenters. The molecule has 2 aromatic heterocycles. The van der Waals surface area contributed by atoms with Crippen LogP contribution in [-0.2, 0) is 16.0 Å². The van der Waals surface area contributed by atoms with Crippen LogP contribution in [0.3, 0.4) is 0 Å². The zero-order valence-electron chi connectivity index (χ0n) is 17.6. The number of nitrogens with zero attached hydrogens (tertiary/aromatic N) is 4. The van der Waals surface area contributed by atoms with Gasteiger partial charge in [-0.05, 0) is 42.3 Å². The molecule has 1 aliphatic heterocycles. The summed E-state index contributed by atoms with van der Waals surface area (Å²) in [4.78, 5) is 28.0. The molecule has 0 saturated carbocycles. The van der Waals surface area contributed by atoms with E-state index in [4.69, 9.17) is 0 Å². The lowest BCUT2D eigenvalue weighted by molar-refractivity contribution is -0.142. The van der Waals surface area contributed by atoms with Crippen LogP contribution in [0, 0.1) is 5.92 Å². The number of rotatable bonds is 7. The molecule has 3 heterocycles. The zero-order chi connectivity index (χ0) is 22.1. The highest BCUT2D eigenvalue weighted by Crippen LogP contribution is 2.36. The number of carbonyl (C=O) groups is 2. The average Bonchev–Trinajstić information content (AvgIpc) is 3.47. The predicted octanol–water partition coefficient (Wildman–Crippen LogP) is 4.36. The van der Waals surface area contributed by atoms with E-state index < -0.39 is 17.3 Å². The number of carboxylic acid groups (broad SMARTS) is 1. The Labute approximate surface area is 189 Å². The van der Waals surface area contributed by atoms with E-state index in [1.807, 2.05) is 67.4 Å². The third kappa shape index (κ3) is 4.12. The first kappa shape index (κ1) is 21.6. The van der Waals surface area contributed by atoms with Crippen molar-refractivity contribution in [2.24, 2.45) is 5.92 Å². The molecular formula is C22H24N4O3S2. The van der Waals surface area contributed by atoms with E-state index in [9.17, 15) is 14.7 Å². The number of thioether (sulfide) groups is 1. The molecule has 7 nitrogen and oxygen atoms in total. The number of aromatic nitrogens is 3. The van der Waals surface area contributed by atoms with E-state index >= 15 is 0 Å². The fraction of sp³-hybridized carbons (Fsp3) is 0.364. The van der Waals surface area contributed by atoms with Gasteiger partial charge in [-0.3, -0.25) is 9.36 Å². The highest BCUT2D eigenvalue weighted by atomic mass is 32.2. The summed E-state index contributed by atoms with van der Waals surface area (Å²) in [6, 6.07) is 10.9. The van der Waals surface area contributed by atoms with Crippen molar-refractivity contribution in [3.8, 4) is 10.7 Å². The molecule has 0 radical (unpaired) electrons. The van der Waals surface area contributed by atoms with Crippen molar-refractivity contribution in [1.82, 2.24) is 14.8 Å². The molecule has 1 aromatic carbocycles. The van der Waals surface area contributed by atoms with E-state index in [0.717, 1.165) is 17.0 Å². The van der Waals surface area contributed by atoms with Crippen molar-refractivity contribution in [3.63, 3.8) is 0 Å². The summed E-state index contributed by atoms with van der Waals surface area (Å²) in [5, 5.41) is 20.5. The second kappa shape index (κ2) is 8.84. The molecule has 3 aromatic rings. The highest BCUT2D eigenvalue weighted by molar-refractivity contribution is 8.00.